The lowest BCUT2D eigenvalue weighted by Crippen LogP contribution is -2.14. The van der Waals surface area contributed by atoms with E-state index in [0.717, 1.165) is 34.1 Å². The Morgan fingerprint density at radius 1 is 1.19 bits per heavy atom. The molecule has 0 saturated carbocycles. The van der Waals surface area contributed by atoms with Crippen LogP contribution in [0.3, 0.4) is 0 Å². The van der Waals surface area contributed by atoms with Gasteiger partial charge in [0.25, 0.3) is 0 Å². The van der Waals surface area contributed by atoms with Crippen LogP contribution in [0.1, 0.15) is 40.5 Å². The van der Waals surface area contributed by atoms with Gasteiger partial charge in [0, 0.05) is 6.42 Å². The molecule has 3 nitrogen and oxygen atoms in total. The number of rotatable bonds is 5. The van der Waals surface area contributed by atoms with Crippen molar-refractivity contribution in [3.8, 4) is 0 Å². The van der Waals surface area contributed by atoms with Crippen molar-refractivity contribution in [2.75, 3.05) is 7.05 Å². The van der Waals surface area contributed by atoms with E-state index in [1.165, 1.54) is 23.5 Å². The molecule has 2 rings (SSSR count). The van der Waals surface area contributed by atoms with Gasteiger partial charge in [-0.05, 0) is 31.2 Å². The first-order valence-electron chi connectivity index (χ1n) is 6.59. The Balaban J connectivity index is 2.08. The van der Waals surface area contributed by atoms with Gasteiger partial charge in [0.05, 0.1) is 11.6 Å². The van der Waals surface area contributed by atoms with Gasteiger partial charge < -0.3 is 5.32 Å². The van der Waals surface area contributed by atoms with E-state index < -0.39 is 11.7 Å². The third kappa shape index (κ3) is 4.01. The van der Waals surface area contributed by atoms with Crippen molar-refractivity contribution in [1.82, 2.24) is 15.5 Å². The molecular weight excluding hydrogens is 299 g/mol. The molecule has 1 aromatic carbocycles. The highest BCUT2D eigenvalue weighted by atomic mass is 32.1. The predicted octanol–water partition coefficient (Wildman–Crippen LogP) is 3.82. The van der Waals surface area contributed by atoms with Crippen LogP contribution in [0, 0.1) is 0 Å². The van der Waals surface area contributed by atoms with E-state index in [4.69, 9.17) is 0 Å². The Labute approximate surface area is 125 Å². The topological polar surface area (TPSA) is 37.8 Å². The van der Waals surface area contributed by atoms with Gasteiger partial charge in [-0.1, -0.05) is 30.4 Å². The summed E-state index contributed by atoms with van der Waals surface area (Å²) in [6.07, 6.45) is -2.89. The minimum Gasteiger partial charge on any atom is -0.311 e. The van der Waals surface area contributed by atoms with Gasteiger partial charge in [-0.25, -0.2) is 0 Å². The van der Waals surface area contributed by atoms with E-state index in [0.29, 0.717) is 6.42 Å². The smallest absolute Gasteiger partial charge is 0.311 e. The van der Waals surface area contributed by atoms with E-state index in [1.807, 2.05) is 7.05 Å². The van der Waals surface area contributed by atoms with Crippen molar-refractivity contribution in [3.05, 3.63) is 45.4 Å². The molecule has 0 aliphatic heterocycles. The monoisotopic (exact) mass is 315 g/mol. The summed E-state index contributed by atoms with van der Waals surface area (Å²) in [6, 6.07) is 5.33. The van der Waals surface area contributed by atoms with Crippen LogP contribution < -0.4 is 5.32 Å². The van der Waals surface area contributed by atoms with E-state index in [2.05, 4.69) is 22.4 Å². The first kappa shape index (κ1) is 15.9. The van der Waals surface area contributed by atoms with Crippen molar-refractivity contribution in [3.63, 3.8) is 0 Å². The quantitative estimate of drug-likeness (QED) is 0.911. The molecule has 21 heavy (non-hydrogen) atoms. The fourth-order valence-electron chi connectivity index (χ4n) is 1.97. The zero-order valence-corrected chi connectivity index (χ0v) is 12.6. The lowest BCUT2D eigenvalue weighted by Gasteiger charge is -2.08. The number of aromatic nitrogens is 2. The number of nitrogens with one attached hydrogen (secondary N) is 1. The lowest BCUT2D eigenvalue weighted by atomic mass is 10.1. The Morgan fingerprint density at radius 2 is 1.86 bits per heavy atom. The van der Waals surface area contributed by atoms with E-state index in [1.54, 1.807) is 0 Å². The number of alkyl halides is 3. The van der Waals surface area contributed by atoms with Gasteiger partial charge in [-0.3, -0.25) is 0 Å². The average molecular weight is 315 g/mol. The minimum absolute atomic E-state index is 0.170. The maximum atomic E-state index is 12.5. The van der Waals surface area contributed by atoms with Gasteiger partial charge in [0.15, 0.2) is 0 Å². The molecule has 0 aliphatic carbocycles. The molecule has 1 aromatic heterocycles. The van der Waals surface area contributed by atoms with Crippen molar-refractivity contribution < 1.29 is 13.2 Å². The summed E-state index contributed by atoms with van der Waals surface area (Å²) >= 11 is 1.49. The van der Waals surface area contributed by atoms with Gasteiger partial charge in [0.1, 0.15) is 10.0 Å². The van der Waals surface area contributed by atoms with Gasteiger partial charge in [-0.2, -0.15) is 13.2 Å². The van der Waals surface area contributed by atoms with Gasteiger partial charge >= 0.3 is 6.18 Å². The van der Waals surface area contributed by atoms with Crippen LogP contribution in [0.4, 0.5) is 13.2 Å². The molecule has 2 aromatic rings. The molecule has 0 aliphatic rings. The maximum absolute atomic E-state index is 12.5. The second-order valence-corrected chi connectivity index (χ2v) is 5.75. The maximum Gasteiger partial charge on any atom is 0.416 e. The summed E-state index contributed by atoms with van der Waals surface area (Å²) in [6.45, 7) is 2.05. The van der Waals surface area contributed by atoms with E-state index >= 15 is 0 Å². The average Bonchev–Trinajstić information content (AvgIpc) is 2.88. The number of nitrogens with zero attached hydrogens (tertiary/aromatic N) is 2. The van der Waals surface area contributed by atoms with Crippen LogP contribution in [-0.2, 0) is 12.6 Å². The van der Waals surface area contributed by atoms with Crippen LogP contribution in [0.2, 0.25) is 0 Å². The molecule has 1 heterocycles. The molecule has 0 radical (unpaired) electrons. The minimum atomic E-state index is -4.30. The molecule has 1 N–H and O–H groups in total. The molecule has 1 unspecified atom stereocenters. The fraction of sp³-hybridized carbons (Fsp3) is 0.429. The zero-order valence-electron chi connectivity index (χ0n) is 11.7. The standard InChI is InChI=1S/C14H16F3N3S/c1-3-11(18-2)13-20-19-12(21-13)8-9-4-6-10(7-5-9)14(15,16)17/h4-7,11,18H,3,8H2,1-2H3. The van der Waals surface area contributed by atoms with Crippen LogP contribution in [0.25, 0.3) is 0 Å². The molecule has 0 saturated heterocycles. The van der Waals surface area contributed by atoms with E-state index in [9.17, 15) is 13.2 Å². The molecule has 1 atom stereocenters. The zero-order chi connectivity index (χ0) is 15.5. The lowest BCUT2D eigenvalue weighted by molar-refractivity contribution is -0.137. The first-order valence-corrected chi connectivity index (χ1v) is 7.41. The van der Waals surface area contributed by atoms with Crippen molar-refractivity contribution in [2.24, 2.45) is 0 Å². The molecule has 7 heteroatoms. The second-order valence-electron chi connectivity index (χ2n) is 4.66. The first-order chi connectivity index (χ1) is 9.94. The Kier molecular flexibility index (Phi) is 4.95. The Hall–Kier alpha value is -1.47. The molecule has 0 bridgehead atoms. The summed E-state index contributed by atoms with van der Waals surface area (Å²) in [4.78, 5) is 0. The summed E-state index contributed by atoms with van der Waals surface area (Å²) in [7, 11) is 1.87. The van der Waals surface area contributed by atoms with Gasteiger partial charge in [0.2, 0.25) is 0 Å². The van der Waals surface area contributed by atoms with Crippen molar-refractivity contribution >= 4 is 11.3 Å². The van der Waals surface area contributed by atoms with Crippen molar-refractivity contribution in [2.45, 2.75) is 32.0 Å². The number of hydrogen-bond acceptors (Lipinski definition) is 4. The van der Waals surface area contributed by atoms with Crippen LogP contribution in [0.15, 0.2) is 24.3 Å². The largest absolute Gasteiger partial charge is 0.416 e. The third-order valence-corrected chi connectivity index (χ3v) is 4.21. The predicted molar refractivity (Wildman–Crippen MR) is 76.3 cm³/mol. The highest BCUT2D eigenvalue weighted by Crippen LogP contribution is 2.29. The Bertz CT molecular complexity index is 574. The molecule has 114 valence electrons. The van der Waals surface area contributed by atoms with E-state index in [-0.39, 0.29) is 6.04 Å². The number of hydrogen-bond donors (Lipinski definition) is 1. The SMILES string of the molecule is CCC(NC)c1nnc(Cc2ccc(C(F)(F)F)cc2)s1. The normalized spacial score (nSPS) is 13.4. The highest BCUT2D eigenvalue weighted by molar-refractivity contribution is 7.11. The van der Waals surface area contributed by atoms with Crippen LogP contribution in [-0.4, -0.2) is 17.2 Å². The summed E-state index contributed by atoms with van der Waals surface area (Å²) in [5, 5.41) is 13.1. The van der Waals surface area contributed by atoms with Gasteiger partial charge in [-0.15, -0.1) is 10.2 Å². The molecular formula is C14H16F3N3S. The van der Waals surface area contributed by atoms with Crippen LogP contribution in [0.5, 0.6) is 0 Å². The summed E-state index contributed by atoms with van der Waals surface area (Å²) < 4.78 is 37.5. The number of halogens is 3. The summed E-state index contributed by atoms with van der Waals surface area (Å²) in [5.74, 6) is 0. The fourth-order valence-corrected chi connectivity index (χ4v) is 3.04. The Morgan fingerprint density at radius 3 is 2.38 bits per heavy atom. The van der Waals surface area contributed by atoms with Crippen LogP contribution >= 0.6 is 11.3 Å². The molecule has 0 spiro atoms. The third-order valence-electron chi connectivity index (χ3n) is 3.17. The second kappa shape index (κ2) is 6.53. The molecule has 0 amide bonds. The highest BCUT2D eigenvalue weighted by Gasteiger charge is 2.29. The molecule has 0 fully saturated rings. The van der Waals surface area contributed by atoms with Crippen molar-refractivity contribution in [1.29, 1.82) is 0 Å². The summed E-state index contributed by atoms with van der Waals surface area (Å²) in [5.41, 5.74) is 0.161. The number of benzene rings is 1.